The predicted octanol–water partition coefficient (Wildman–Crippen LogP) is 1.59. The largest absolute Gasteiger partial charge is 0.378 e. The van der Waals surface area contributed by atoms with Crippen LogP contribution in [-0.4, -0.2) is 57.6 Å². The number of ether oxygens (including phenoxy) is 1. The van der Waals surface area contributed by atoms with Crippen molar-refractivity contribution < 1.29 is 9.53 Å². The molecule has 1 fully saturated rings. The van der Waals surface area contributed by atoms with Crippen LogP contribution in [0.25, 0.3) is 0 Å². The summed E-state index contributed by atoms with van der Waals surface area (Å²) in [4.78, 5) is 15.9. The standard InChI is InChI=1S/C16H24N2O2/c1-17(2)13-16(19)8-5-14-3-6-15(7-4-14)18-9-11-20-12-10-18/h3-4,6-7H,5,8-13H2,1-2H3. The number of nitrogens with zero attached hydrogens (tertiary/aromatic N) is 2. The van der Waals surface area contributed by atoms with Gasteiger partial charge in [0.1, 0.15) is 5.78 Å². The number of carbonyl (C=O) groups excluding carboxylic acids is 1. The Morgan fingerprint density at radius 2 is 1.85 bits per heavy atom. The zero-order valence-electron chi connectivity index (χ0n) is 12.5. The number of benzene rings is 1. The van der Waals surface area contributed by atoms with E-state index in [2.05, 4.69) is 29.2 Å². The van der Waals surface area contributed by atoms with Gasteiger partial charge >= 0.3 is 0 Å². The van der Waals surface area contributed by atoms with Gasteiger partial charge in [-0.25, -0.2) is 0 Å². The molecule has 2 rings (SSSR count). The number of carbonyl (C=O) groups is 1. The first kappa shape index (κ1) is 15.0. The van der Waals surface area contributed by atoms with Crippen molar-refractivity contribution >= 4 is 11.5 Å². The Kier molecular flexibility index (Phi) is 5.56. The fourth-order valence-electron chi connectivity index (χ4n) is 2.41. The number of anilines is 1. The lowest BCUT2D eigenvalue weighted by molar-refractivity contribution is -0.119. The third-order valence-corrected chi connectivity index (χ3v) is 3.50. The molecule has 1 saturated heterocycles. The molecule has 20 heavy (non-hydrogen) atoms. The first-order valence-electron chi connectivity index (χ1n) is 7.23. The molecule has 1 heterocycles. The zero-order chi connectivity index (χ0) is 14.4. The van der Waals surface area contributed by atoms with E-state index in [0.29, 0.717) is 18.7 Å². The summed E-state index contributed by atoms with van der Waals surface area (Å²) >= 11 is 0. The molecule has 0 saturated carbocycles. The molecule has 1 aromatic rings. The summed E-state index contributed by atoms with van der Waals surface area (Å²) in [6.07, 6.45) is 1.45. The molecule has 110 valence electrons. The van der Waals surface area contributed by atoms with Crippen molar-refractivity contribution in [2.45, 2.75) is 12.8 Å². The molecule has 1 aliphatic rings. The van der Waals surface area contributed by atoms with E-state index in [0.717, 1.165) is 32.7 Å². The number of rotatable bonds is 6. The van der Waals surface area contributed by atoms with Crippen LogP contribution >= 0.6 is 0 Å². The Morgan fingerprint density at radius 1 is 1.20 bits per heavy atom. The average molecular weight is 276 g/mol. The Morgan fingerprint density at radius 3 is 2.45 bits per heavy atom. The average Bonchev–Trinajstić information content (AvgIpc) is 2.46. The number of likely N-dealkylation sites (N-methyl/N-ethyl adjacent to an activating group) is 1. The van der Waals surface area contributed by atoms with Gasteiger partial charge in [0, 0.05) is 25.2 Å². The number of hydrogen-bond acceptors (Lipinski definition) is 4. The lowest BCUT2D eigenvalue weighted by atomic mass is 10.1. The second kappa shape index (κ2) is 7.41. The van der Waals surface area contributed by atoms with Gasteiger partial charge in [0.05, 0.1) is 19.8 Å². The van der Waals surface area contributed by atoms with E-state index in [1.807, 2.05) is 19.0 Å². The summed E-state index contributed by atoms with van der Waals surface area (Å²) in [5.41, 5.74) is 2.48. The van der Waals surface area contributed by atoms with Crippen molar-refractivity contribution in [3.63, 3.8) is 0 Å². The summed E-state index contributed by atoms with van der Waals surface area (Å²) in [5, 5.41) is 0. The molecule has 0 amide bonds. The number of ketones is 1. The van der Waals surface area contributed by atoms with Gasteiger partial charge in [0.15, 0.2) is 0 Å². The van der Waals surface area contributed by atoms with E-state index in [1.165, 1.54) is 11.3 Å². The van der Waals surface area contributed by atoms with Crippen LogP contribution in [0.15, 0.2) is 24.3 Å². The fraction of sp³-hybridized carbons (Fsp3) is 0.562. The highest BCUT2D eigenvalue weighted by molar-refractivity contribution is 5.80. The summed E-state index contributed by atoms with van der Waals surface area (Å²) in [5.74, 6) is 0.298. The smallest absolute Gasteiger partial charge is 0.147 e. The minimum Gasteiger partial charge on any atom is -0.378 e. The SMILES string of the molecule is CN(C)CC(=O)CCc1ccc(N2CCOCC2)cc1. The third kappa shape index (κ3) is 4.62. The van der Waals surface area contributed by atoms with Gasteiger partial charge in [0.25, 0.3) is 0 Å². The van der Waals surface area contributed by atoms with Crippen LogP contribution < -0.4 is 4.90 Å². The monoisotopic (exact) mass is 276 g/mol. The van der Waals surface area contributed by atoms with Crippen LogP contribution in [0.3, 0.4) is 0 Å². The first-order chi connectivity index (χ1) is 9.65. The lowest BCUT2D eigenvalue weighted by Gasteiger charge is -2.28. The van der Waals surface area contributed by atoms with E-state index >= 15 is 0 Å². The fourth-order valence-corrected chi connectivity index (χ4v) is 2.41. The second-order valence-corrected chi connectivity index (χ2v) is 5.54. The molecule has 0 aliphatic carbocycles. The highest BCUT2D eigenvalue weighted by Gasteiger charge is 2.11. The molecule has 4 nitrogen and oxygen atoms in total. The Balaban J connectivity index is 1.83. The Labute approximate surface area is 121 Å². The summed E-state index contributed by atoms with van der Waals surface area (Å²) in [7, 11) is 3.85. The third-order valence-electron chi connectivity index (χ3n) is 3.50. The van der Waals surface area contributed by atoms with Crippen molar-refractivity contribution in [3.05, 3.63) is 29.8 Å². The number of Topliss-reactive ketones (excluding diaryl/α,β-unsaturated/α-hetero) is 1. The molecule has 0 spiro atoms. The van der Waals surface area contributed by atoms with Gasteiger partial charge in [-0.15, -0.1) is 0 Å². The van der Waals surface area contributed by atoms with Gasteiger partial charge in [-0.3, -0.25) is 4.79 Å². The van der Waals surface area contributed by atoms with Crippen molar-refractivity contribution in [3.8, 4) is 0 Å². The minimum atomic E-state index is 0.298. The van der Waals surface area contributed by atoms with E-state index in [-0.39, 0.29) is 0 Å². The number of hydrogen-bond donors (Lipinski definition) is 0. The predicted molar refractivity (Wildman–Crippen MR) is 81.4 cm³/mol. The maximum Gasteiger partial charge on any atom is 0.147 e. The molecule has 1 aliphatic heterocycles. The van der Waals surface area contributed by atoms with E-state index in [1.54, 1.807) is 0 Å². The van der Waals surface area contributed by atoms with Crippen molar-refractivity contribution in [1.29, 1.82) is 0 Å². The van der Waals surface area contributed by atoms with E-state index in [9.17, 15) is 4.79 Å². The van der Waals surface area contributed by atoms with Crippen LogP contribution in [0.5, 0.6) is 0 Å². The van der Waals surface area contributed by atoms with Gasteiger partial charge in [-0.2, -0.15) is 0 Å². The molecule has 0 atom stereocenters. The van der Waals surface area contributed by atoms with Gasteiger partial charge < -0.3 is 14.5 Å². The van der Waals surface area contributed by atoms with Gasteiger partial charge in [-0.1, -0.05) is 12.1 Å². The van der Waals surface area contributed by atoms with E-state index in [4.69, 9.17) is 4.74 Å². The first-order valence-corrected chi connectivity index (χ1v) is 7.23. The molecular formula is C16H24N2O2. The molecular weight excluding hydrogens is 252 g/mol. The molecule has 0 aromatic heterocycles. The second-order valence-electron chi connectivity index (χ2n) is 5.54. The normalized spacial score (nSPS) is 15.7. The van der Waals surface area contributed by atoms with E-state index < -0.39 is 0 Å². The topological polar surface area (TPSA) is 32.8 Å². The maximum atomic E-state index is 11.7. The Hall–Kier alpha value is -1.39. The van der Waals surface area contributed by atoms with Crippen molar-refractivity contribution in [2.75, 3.05) is 51.8 Å². The van der Waals surface area contributed by atoms with Crippen LogP contribution in [0.1, 0.15) is 12.0 Å². The summed E-state index contributed by atoms with van der Waals surface area (Å²) in [6, 6.07) is 8.57. The van der Waals surface area contributed by atoms with Crippen LogP contribution in [0.2, 0.25) is 0 Å². The van der Waals surface area contributed by atoms with Gasteiger partial charge in [-0.05, 0) is 38.2 Å². The summed E-state index contributed by atoms with van der Waals surface area (Å²) < 4.78 is 5.36. The van der Waals surface area contributed by atoms with Crippen molar-refractivity contribution in [2.24, 2.45) is 0 Å². The lowest BCUT2D eigenvalue weighted by Crippen LogP contribution is -2.36. The van der Waals surface area contributed by atoms with Crippen LogP contribution in [0, 0.1) is 0 Å². The van der Waals surface area contributed by atoms with Crippen LogP contribution in [0.4, 0.5) is 5.69 Å². The molecule has 0 bridgehead atoms. The highest BCUT2D eigenvalue weighted by Crippen LogP contribution is 2.17. The molecule has 0 unspecified atom stereocenters. The number of aryl methyl sites for hydroxylation is 1. The molecule has 0 N–H and O–H groups in total. The molecule has 0 radical (unpaired) electrons. The number of morpholine rings is 1. The zero-order valence-corrected chi connectivity index (χ0v) is 12.5. The highest BCUT2D eigenvalue weighted by atomic mass is 16.5. The maximum absolute atomic E-state index is 11.7. The van der Waals surface area contributed by atoms with Crippen LogP contribution in [-0.2, 0) is 16.0 Å². The van der Waals surface area contributed by atoms with Gasteiger partial charge in [0.2, 0.25) is 0 Å². The minimum absolute atomic E-state index is 0.298. The summed E-state index contributed by atoms with van der Waals surface area (Å²) in [6.45, 7) is 4.06. The molecule has 4 heteroatoms. The Bertz CT molecular complexity index is 423. The van der Waals surface area contributed by atoms with Crippen molar-refractivity contribution in [1.82, 2.24) is 4.90 Å². The molecule has 1 aromatic carbocycles. The quantitative estimate of drug-likeness (QED) is 0.790.